The van der Waals surface area contributed by atoms with Gasteiger partial charge in [-0.05, 0) is 72.3 Å². The third kappa shape index (κ3) is 7.19. The van der Waals surface area contributed by atoms with Crippen molar-refractivity contribution < 1.29 is 23.9 Å². The van der Waals surface area contributed by atoms with Crippen LogP contribution in [0.4, 0.5) is 0 Å². The van der Waals surface area contributed by atoms with E-state index in [9.17, 15) is 14.4 Å². The van der Waals surface area contributed by atoms with Crippen molar-refractivity contribution in [2.45, 2.75) is 0 Å². The molecule has 3 aromatic carbocycles. The first-order chi connectivity index (χ1) is 15.9. The van der Waals surface area contributed by atoms with Crippen molar-refractivity contribution in [2.24, 2.45) is 5.10 Å². The molecule has 9 heteroatoms. The molecule has 2 amide bonds. The van der Waals surface area contributed by atoms with Gasteiger partial charge in [0.15, 0.2) is 0 Å². The Labute approximate surface area is 195 Å². The highest BCUT2D eigenvalue weighted by Gasteiger charge is 2.09. The lowest BCUT2D eigenvalue weighted by molar-refractivity contribution is -0.120. The Kier molecular flexibility index (Phi) is 8.15. The fraction of sp³-hybridized carbons (Fsp3) is 0.0833. The Morgan fingerprint density at radius 3 is 2.30 bits per heavy atom. The largest absolute Gasteiger partial charge is 0.497 e. The van der Waals surface area contributed by atoms with E-state index < -0.39 is 17.8 Å². The molecule has 0 heterocycles. The van der Waals surface area contributed by atoms with Crippen LogP contribution in [0.25, 0.3) is 0 Å². The number of esters is 1. The number of hydrogen-bond acceptors (Lipinski definition) is 6. The number of hydrazone groups is 1. The second-order valence-corrected chi connectivity index (χ2v) is 7.11. The zero-order valence-corrected chi connectivity index (χ0v) is 18.3. The number of benzene rings is 3. The van der Waals surface area contributed by atoms with Gasteiger partial charge in [-0.2, -0.15) is 5.10 Å². The fourth-order valence-corrected chi connectivity index (χ4v) is 2.82. The zero-order chi connectivity index (χ0) is 23.6. The first-order valence-electron chi connectivity index (χ1n) is 9.76. The maximum Gasteiger partial charge on any atom is 0.343 e. The van der Waals surface area contributed by atoms with Crippen LogP contribution < -0.4 is 20.2 Å². The molecule has 0 saturated heterocycles. The van der Waals surface area contributed by atoms with Crippen molar-refractivity contribution >= 4 is 35.6 Å². The predicted molar refractivity (Wildman–Crippen MR) is 124 cm³/mol. The smallest absolute Gasteiger partial charge is 0.343 e. The third-order valence-corrected chi connectivity index (χ3v) is 4.55. The number of hydrogen-bond donors (Lipinski definition) is 2. The molecule has 0 aliphatic carbocycles. The lowest BCUT2D eigenvalue weighted by Crippen LogP contribution is -2.34. The molecular weight excluding hydrogens is 446 g/mol. The summed E-state index contributed by atoms with van der Waals surface area (Å²) < 4.78 is 10.4. The molecule has 2 N–H and O–H groups in total. The van der Waals surface area contributed by atoms with Crippen LogP contribution in [-0.4, -0.2) is 37.7 Å². The monoisotopic (exact) mass is 465 g/mol. The molecule has 0 aliphatic rings. The number of carbonyl (C=O) groups is 3. The number of amides is 2. The summed E-state index contributed by atoms with van der Waals surface area (Å²) in [5, 5.41) is 6.75. The van der Waals surface area contributed by atoms with Gasteiger partial charge in [0.05, 0.1) is 25.4 Å². The average molecular weight is 466 g/mol. The van der Waals surface area contributed by atoms with Crippen LogP contribution in [-0.2, 0) is 4.79 Å². The van der Waals surface area contributed by atoms with Crippen molar-refractivity contribution in [3.63, 3.8) is 0 Å². The zero-order valence-electron chi connectivity index (χ0n) is 17.6. The molecular formula is C24H20ClN3O5. The van der Waals surface area contributed by atoms with Crippen molar-refractivity contribution in [3.05, 3.63) is 94.5 Å². The molecule has 0 aliphatic heterocycles. The molecule has 0 unspecified atom stereocenters. The van der Waals surface area contributed by atoms with Gasteiger partial charge >= 0.3 is 5.97 Å². The molecule has 33 heavy (non-hydrogen) atoms. The van der Waals surface area contributed by atoms with Gasteiger partial charge < -0.3 is 14.8 Å². The van der Waals surface area contributed by atoms with Crippen molar-refractivity contribution in [2.75, 3.05) is 13.7 Å². The van der Waals surface area contributed by atoms with E-state index in [2.05, 4.69) is 15.8 Å². The second-order valence-electron chi connectivity index (χ2n) is 6.67. The normalized spacial score (nSPS) is 10.5. The van der Waals surface area contributed by atoms with E-state index >= 15 is 0 Å². The minimum Gasteiger partial charge on any atom is -0.497 e. The van der Waals surface area contributed by atoms with E-state index in [-0.39, 0.29) is 6.54 Å². The SMILES string of the molecule is COc1ccc(C(=O)Oc2ccc(/C=N\NC(=O)CNC(=O)c3cccc(Cl)c3)cc2)cc1. The highest BCUT2D eigenvalue weighted by atomic mass is 35.5. The molecule has 168 valence electrons. The Hall–Kier alpha value is -4.17. The van der Waals surface area contributed by atoms with Gasteiger partial charge in [-0.15, -0.1) is 0 Å². The molecule has 0 radical (unpaired) electrons. The Morgan fingerprint density at radius 1 is 0.939 bits per heavy atom. The molecule has 0 fully saturated rings. The van der Waals surface area contributed by atoms with Gasteiger partial charge in [0, 0.05) is 10.6 Å². The van der Waals surface area contributed by atoms with Crippen molar-refractivity contribution in [1.82, 2.24) is 10.7 Å². The standard InChI is InChI=1S/C24H20ClN3O5/c1-32-20-11-7-17(8-12-20)24(31)33-21-9-5-16(6-10-21)14-27-28-22(29)15-26-23(30)18-3-2-4-19(25)13-18/h2-14H,15H2,1H3,(H,26,30)(H,28,29)/b27-14-. The van der Waals surface area contributed by atoms with Gasteiger partial charge in [0.25, 0.3) is 11.8 Å². The van der Waals surface area contributed by atoms with Crippen LogP contribution in [0.3, 0.4) is 0 Å². The quantitative estimate of drug-likeness (QED) is 0.229. The van der Waals surface area contributed by atoms with Gasteiger partial charge in [0.1, 0.15) is 11.5 Å². The van der Waals surface area contributed by atoms with Gasteiger partial charge in [0.2, 0.25) is 0 Å². The maximum atomic E-state index is 12.2. The van der Waals surface area contributed by atoms with E-state index in [4.69, 9.17) is 21.1 Å². The van der Waals surface area contributed by atoms with Crippen LogP contribution in [0, 0.1) is 0 Å². The van der Waals surface area contributed by atoms with Crippen LogP contribution >= 0.6 is 11.6 Å². The minimum atomic E-state index is -0.494. The number of rotatable bonds is 8. The van der Waals surface area contributed by atoms with Crippen LogP contribution in [0.1, 0.15) is 26.3 Å². The molecule has 0 aromatic heterocycles. The summed E-state index contributed by atoms with van der Waals surface area (Å²) in [5.41, 5.74) is 3.74. The van der Waals surface area contributed by atoms with Gasteiger partial charge in [-0.1, -0.05) is 17.7 Å². The van der Waals surface area contributed by atoms with Crippen LogP contribution in [0.2, 0.25) is 5.02 Å². The highest BCUT2D eigenvalue weighted by Crippen LogP contribution is 2.16. The predicted octanol–water partition coefficient (Wildman–Crippen LogP) is 3.45. The summed E-state index contributed by atoms with van der Waals surface area (Å²) in [4.78, 5) is 36.0. The fourth-order valence-electron chi connectivity index (χ4n) is 2.63. The van der Waals surface area contributed by atoms with Gasteiger partial charge in [-0.25, -0.2) is 10.2 Å². The summed E-state index contributed by atoms with van der Waals surface area (Å²) in [6.07, 6.45) is 1.42. The number of nitrogens with one attached hydrogen (secondary N) is 2. The third-order valence-electron chi connectivity index (χ3n) is 4.32. The van der Waals surface area contributed by atoms with E-state index in [0.29, 0.717) is 33.2 Å². The van der Waals surface area contributed by atoms with E-state index in [0.717, 1.165) is 0 Å². The van der Waals surface area contributed by atoms with Crippen molar-refractivity contribution in [3.8, 4) is 11.5 Å². The lowest BCUT2D eigenvalue weighted by atomic mass is 10.2. The Morgan fingerprint density at radius 2 is 1.64 bits per heavy atom. The lowest BCUT2D eigenvalue weighted by Gasteiger charge is -2.06. The molecule has 8 nitrogen and oxygen atoms in total. The van der Waals surface area contributed by atoms with Crippen LogP contribution in [0.5, 0.6) is 11.5 Å². The summed E-state index contributed by atoms with van der Waals surface area (Å²) in [6, 6.07) is 19.5. The average Bonchev–Trinajstić information content (AvgIpc) is 2.83. The van der Waals surface area contributed by atoms with Crippen molar-refractivity contribution in [1.29, 1.82) is 0 Å². The minimum absolute atomic E-state index is 0.247. The number of nitrogens with zero attached hydrogens (tertiary/aromatic N) is 1. The molecule has 0 spiro atoms. The molecule has 0 atom stereocenters. The Balaban J connectivity index is 1.45. The first-order valence-corrected chi connectivity index (χ1v) is 10.1. The van der Waals surface area contributed by atoms with Gasteiger partial charge in [-0.3, -0.25) is 9.59 Å². The molecule has 0 saturated carbocycles. The first kappa shape index (κ1) is 23.5. The molecule has 3 aromatic rings. The number of ether oxygens (including phenoxy) is 2. The van der Waals surface area contributed by atoms with E-state index in [1.54, 1.807) is 73.8 Å². The topological polar surface area (TPSA) is 106 Å². The summed E-state index contributed by atoms with van der Waals surface area (Å²) in [6.45, 7) is -0.247. The number of methoxy groups -OCH3 is 1. The van der Waals surface area contributed by atoms with Crippen LogP contribution in [0.15, 0.2) is 77.9 Å². The molecule has 0 bridgehead atoms. The second kappa shape index (κ2) is 11.4. The summed E-state index contributed by atoms with van der Waals surface area (Å²) in [7, 11) is 1.55. The highest BCUT2D eigenvalue weighted by molar-refractivity contribution is 6.31. The van der Waals surface area contributed by atoms with E-state index in [1.165, 1.54) is 12.3 Å². The number of carbonyl (C=O) groups excluding carboxylic acids is 3. The number of halogens is 1. The Bertz CT molecular complexity index is 1160. The summed E-state index contributed by atoms with van der Waals surface area (Å²) in [5.74, 6) is -0.402. The molecule has 3 rings (SSSR count). The summed E-state index contributed by atoms with van der Waals surface area (Å²) >= 11 is 5.84. The maximum absolute atomic E-state index is 12.2. The van der Waals surface area contributed by atoms with E-state index in [1.807, 2.05) is 0 Å².